The fourth-order valence-electron chi connectivity index (χ4n) is 0.969. The van der Waals surface area contributed by atoms with Gasteiger partial charge in [0.25, 0.3) is 0 Å². The molecule has 0 aliphatic carbocycles. The average Bonchev–Trinajstić information content (AvgIpc) is 1.85. The van der Waals surface area contributed by atoms with Crippen molar-refractivity contribution >= 4 is 29.7 Å². The van der Waals surface area contributed by atoms with Crippen LogP contribution in [0.3, 0.4) is 0 Å². The van der Waals surface area contributed by atoms with E-state index in [1.165, 1.54) is 5.56 Å². The maximum atomic E-state index is 5.81. The van der Waals surface area contributed by atoms with Gasteiger partial charge in [-0.3, -0.25) is 0 Å². The molecule has 0 unspecified atom stereocenters. The summed E-state index contributed by atoms with van der Waals surface area (Å²) in [5.74, 6) is 0.482. The molecule has 0 aliphatic rings. The molecule has 12 heavy (non-hydrogen) atoms. The van der Waals surface area contributed by atoms with Crippen molar-refractivity contribution in [3.63, 3.8) is 0 Å². The molecule has 0 spiro atoms. The van der Waals surface area contributed by atoms with E-state index in [0.717, 1.165) is 5.69 Å². The molecule has 0 fully saturated rings. The Balaban J connectivity index is 0.00000121. The van der Waals surface area contributed by atoms with Gasteiger partial charge in [-0.2, -0.15) is 0 Å². The van der Waals surface area contributed by atoms with Crippen LogP contribution in [0.4, 0.5) is 5.69 Å². The lowest BCUT2D eigenvalue weighted by Crippen LogP contribution is -1.91. The largest absolute Gasteiger partial charge is 0.399 e. The Morgan fingerprint density at radius 1 is 1.25 bits per heavy atom. The first-order valence-electron chi connectivity index (χ1n) is 3.65. The summed E-state index contributed by atoms with van der Waals surface area (Å²) in [5.41, 5.74) is 7.54. The van der Waals surface area contributed by atoms with Crippen molar-refractivity contribution in [2.45, 2.75) is 19.8 Å². The van der Waals surface area contributed by atoms with Crippen molar-refractivity contribution in [1.82, 2.24) is 0 Å². The first-order chi connectivity index (χ1) is 5.09. The molecule has 0 atom stereocenters. The van der Waals surface area contributed by atoms with E-state index in [0.29, 0.717) is 10.9 Å². The minimum atomic E-state index is 0. The smallest absolute Gasteiger partial charge is 0.0429 e. The highest BCUT2D eigenvalue weighted by Gasteiger charge is 2.00. The van der Waals surface area contributed by atoms with Crippen molar-refractivity contribution in [1.29, 1.82) is 0 Å². The Kier molecular flexibility index (Phi) is 4.43. The lowest BCUT2D eigenvalue weighted by atomic mass is 10.0. The van der Waals surface area contributed by atoms with Crippen LogP contribution in [-0.2, 0) is 0 Å². The molecule has 68 valence electrons. The van der Waals surface area contributed by atoms with E-state index in [-0.39, 0.29) is 12.4 Å². The maximum Gasteiger partial charge on any atom is 0.0429 e. The van der Waals surface area contributed by atoms with Crippen LogP contribution in [0.5, 0.6) is 0 Å². The van der Waals surface area contributed by atoms with Crippen LogP contribution in [0.25, 0.3) is 0 Å². The van der Waals surface area contributed by atoms with E-state index in [2.05, 4.69) is 13.8 Å². The van der Waals surface area contributed by atoms with Gasteiger partial charge in [-0.1, -0.05) is 25.4 Å². The number of nitrogen functional groups attached to an aromatic ring is 1. The highest BCUT2D eigenvalue weighted by Crippen LogP contribution is 2.22. The second-order valence-electron chi connectivity index (χ2n) is 2.97. The molecular weight excluding hydrogens is 193 g/mol. The zero-order valence-electron chi connectivity index (χ0n) is 7.17. The van der Waals surface area contributed by atoms with Gasteiger partial charge in [-0.05, 0) is 29.7 Å². The third kappa shape index (κ3) is 2.92. The molecule has 0 saturated carbocycles. The minimum absolute atomic E-state index is 0. The topological polar surface area (TPSA) is 26.0 Å². The number of hydrogen-bond acceptors (Lipinski definition) is 1. The maximum absolute atomic E-state index is 5.81. The van der Waals surface area contributed by atoms with Gasteiger partial charge in [0.15, 0.2) is 0 Å². The zero-order chi connectivity index (χ0) is 8.43. The summed E-state index contributed by atoms with van der Waals surface area (Å²) >= 11 is 5.81. The second kappa shape index (κ2) is 4.58. The number of benzene rings is 1. The van der Waals surface area contributed by atoms with Crippen LogP contribution in [-0.4, -0.2) is 0 Å². The van der Waals surface area contributed by atoms with E-state index in [9.17, 15) is 0 Å². The van der Waals surface area contributed by atoms with Crippen molar-refractivity contribution < 1.29 is 0 Å². The molecule has 0 aromatic heterocycles. The Morgan fingerprint density at radius 2 is 1.83 bits per heavy atom. The Labute approximate surface area is 84.3 Å². The van der Waals surface area contributed by atoms with Gasteiger partial charge in [-0.25, -0.2) is 0 Å². The predicted molar refractivity (Wildman–Crippen MR) is 57.2 cm³/mol. The Hall–Kier alpha value is -0.400. The zero-order valence-corrected chi connectivity index (χ0v) is 8.75. The number of halogens is 2. The van der Waals surface area contributed by atoms with E-state index in [1.54, 1.807) is 6.07 Å². The molecule has 3 heteroatoms. The summed E-state index contributed by atoms with van der Waals surface area (Å²) in [6, 6.07) is 5.66. The van der Waals surface area contributed by atoms with E-state index in [4.69, 9.17) is 17.3 Å². The van der Waals surface area contributed by atoms with Crippen molar-refractivity contribution in [3.8, 4) is 0 Å². The van der Waals surface area contributed by atoms with E-state index < -0.39 is 0 Å². The fraction of sp³-hybridized carbons (Fsp3) is 0.333. The van der Waals surface area contributed by atoms with E-state index in [1.807, 2.05) is 12.1 Å². The molecule has 0 amide bonds. The summed E-state index contributed by atoms with van der Waals surface area (Å²) in [5, 5.41) is 0.716. The fourth-order valence-corrected chi connectivity index (χ4v) is 1.22. The highest BCUT2D eigenvalue weighted by molar-refractivity contribution is 6.30. The molecule has 0 saturated heterocycles. The van der Waals surface area contributed by atoms with Crippen LogP contribution in [0.2, 0.25) is 5.02 Å². The SMILES string of the molecule is CC(C)c1cc(N)cc(Cl)c1.Cl. The summed E-state index contributed by atoms with van der Waals surface area (Å²) in [6.45, 7) is 4.23. The standard InChI is InChI=1S/C9H12ClN.ClH/c1-6(2)7-3-8(10)5-9(11)4-7;/h3-6H,11H2,1-2H3;1H. The van der Waals surface area contributed by atoms with Crippen LogP contribution < -0.4 is 5.73 Å². The van der Waals surface area contributed by atoms with Gasteiger partial charge in [0, 0.05) is 10.7 Å². The van der Waals surface area contributed by atoms with Gasteiger partial charge in [0.1, 0.15) is 0 Å². The number of rotatable bonds is 1. The van der Waals surface area contributed by atoms with Gasteiger partial charge in [-0.15, -0.1) is 12.4 Å². The van der Waals surface area contributed by atoms with Crippen LogP contribution in [0.15, 0.2) is 18.2 Å². The summed E-state index contributed by atoms with van der Waals surface area (Å²) < 4.78 is 0. The molecule has 0 bridgehead atoms. The second-order valence-corrected chi connectivity index (χ2v) is 3.41. The molecular formula is C9H13Cl2N. The van der Waals surface area contributed by atoms with Crippen LogP contribution in [0.1, 0.15) is 25.3 Å². The lowest BCUT2D eigenvalue weighted by molar-refractivity contribution is 0.867. The summed E-state index contributed by atoms with van der Waals surface area (Å²) in [4.78, 5) is 0. The van der Waals surface area contributed by atoms with Gasteiger partial charge >= 0.3 is 0 Å². The predicted octanol–water partition coefficient (Wildman–Crippen LogP) is 3.47. The third-order valence-electron chi connectivity index (χ3n) is 1.61. The molecule has 1 rings (SSSR count). The minimum Gasteiger partial charge on any atom is -0.399 e. The van der Waals surface area contributed by atoms with Gasteiger partial charge in [0.2, 0.25) is 0 Å². The summed E-state index contributed by atoms with van der Waals surface area (Å²) in [6.07, 6.45) is 0. The molecule has 1 nitrogen and oxygen atoms in total. The number of hydrogen-bond donors (Lipinski definition) is 1. The molecule has 2 N–H and O–H groups in total. The molecule has 1 aromatic carbocycles. The van der Waals surface area contributed by atoms with Crippen LogP contribution >= 0.6 is 24.0 Å². The molecule has 0 heterocycles. The quantitative estimate of drug-likeness (QED) is 0.699. The molecule has 1 aromatic rings. The van der Waals surface area contributed by atoms with Crippen LogP contribution in [0, 0.1) is 0 Å². The summed E-state index contributed by atoms with van der Waals surface area (Å²) in [7, 11) is 0. The van der Waals surface area contributed by atoms with Crippen molar-refractivity contribution in [2.24, 2.45) is 0 Å². The van der Waals surface area contributed by atoms with Crippen molar-refractivity contribution in [3.05, 3.63) is 28.8 Å². The van der Waals surface area contributed by atoms with E-state index >= 15 is 0 Å². The Morgan fingerprint density at radius 3 is 2.25 bits per heavy atom. The first kappa shape index (κ1) is 11.6. The Bertz CT molecular complexity index is 238. The number of anilines is 1. The molecule has 0 aliphatic heterocycles. The first-order valence-corrected chi connectivity index (χ1v) is 4.03. The monoisotopic (exact) mass is 205 g/mol. The highest BCUT2D eigenvalue weighted by atomic mass is 35.5. The van der Waals surface area contributed by atoms with Gasteiger partial charge < -0.3 is 5.73 Å². The van der Waals surface area contributed by atoms with Gasteiger partial charge in [0.05, 0.1) is 0 Å². The normalized spacial score (nSPS) is 9.67. The number of nitrogens with two attached hydrogens (primary N) is 1. The van der Waals surface area contributed by atoms with Crippen molar-refractivity contribution in [2.75, 3.05) is 5.73 Å². The lowest BCUT2D eigenvalue weighted by Gasteiger charge is -2.06. The average molecular weight is 206 g/mol. The molecule has 0 radical (unpaired) electrons. The third-order valence-corrected chi connectivity index (χ3v) is 1.83.